The van der Waals surface area contributed by atoms with Gasteiger partial charge in [-0.25, -0.2) is 4.79 Å². The van der Waals surface area contributed by atoms with Crippen LogP contribution in [0.25, 0.3) is 0 Å². The van der Waals surface area contributed by atoms with E-state index in [-0.39, 0.29) is 5.97 Å². The Labute approximate surface area is 171 Å². The highest BCUT2D eigenvalue weighted by Crippen LogP contribution is 2.37. The second-order valence-corrected chi connectivity index (χ2v) is 8.93. The molecule has 3 rings (SSSR count). The maximum atomic E-state index is 12.5. The summed E-state index contributed by atoms with van der Waals surface area (Å²) in [5.74, 6) is -0.255. The number of anilines is 1. The van der Waals surface area contributed by atoms with Crippen molar-refractivity contribution in [3.8, 4) is 0 Å². The molecule has 5 nitrogen and oxygen atoms in total. The molecule has 1 aliphatic carbocycles. The van der Waals surface area contributed by atoms with Gasteiger partial charge in [-0.1, -0.05) is 19.8 Å². The highest BCUT2D eigenvalue weighted by Gasteiger charge is 2.26. The summed E-state index contributed by atoms with van der Waals surface area (Å²) in [4.78, 5) is 16.3. The third kappa shape index (κ3) is 5.21. The Kier molecular flexibility index (Phi) is 7.49. The Hall–Kier alpha value is -1.18. The number of thiocarbonyl (C=S) groups is 1. The summed E-state index contributed by atoms with van der Waals surface area (Å²) < 4.78 is 5.09. The Morgan fingerprint density at radius 3 is 2.59 bits per heavy atom. The zero-order valence-corrected chi connectivity index (χ0v) is 18.1. The van der Waals surface area contributed by atoms with Gasteiger partial charge in [-0.05, 0) is 62.9 Å². The number of ether oxygens (including phenoxy) is 1. The summed E-state index contributed by atoms with van der Waals surface area (Å²) in [6.45, 7) is 5.53. The molecule has 27 heavy (non-hydrogen) atoms. The molecule has 0 unspecified atom stereocenters. The summed E-state index contributed by atoms with van der Waals surface area (Å²) in [5.41, 5.74) is 1.87. The molecule has 0 amide bonds. The number of piperidine rings is 1. The fourth-order valence-corrected chi connectivity index (χ4v) is 5.66. The average molecular weight is 410 g/mol. The van der Waals surface area contributed by atoms with Crippen LogP contribution in [-0.2, 0) is 17.6 Å². The molecule has 7 heteroatoms. The maximum absolute atomic E-state index is 12.5. The van der Waals surface area contributed by atoms with Crippen molar-refractivity contribution < 1.29 is 9.53 Å². The number of fused-ring (bicyclic) bond motifs is 1. The van der Waals surface area contributed by atoms with E-state index in [0.29, 0.717) is 16.7 Å². The van der Waals surface area contributed by atoms with Crippen molar-refractivity contribution in [2.24, 2.45) is 0 Å². The first kappa shape index (κ1) is 20.6. The number of nitrogens with one attached hydrogen (secondary N) is 2. The second kappa shape index (κ2) is 9.85. The summed E-state index contributed by atoms with van der Waals surface area (Å²) in [6.07, 6.45) is 9.01. The Balaban J connectivity index is 1.70. The minimum Gasteiger partial charge on any atom is -0.465 e. The molecule has 2 aliphatic rings. The number of carbonyl (C=O) groups excluding carboxylic acids is 1. The lowest BCUT2D eigenvalue weighted by atomic mass is 9.96. The zero-order valence-electron chi connectivity index (χ0n) is 16.4. The number of hydrogen-bond acceptors (Lipinski definition) is 5. The molecule has 1 aromatic rings. The van der Waals surface area contributed by atoms with E-state index in [4.69, 9.17) is 17.0 Å². The predicted molar refractivity (Wildman–Crippen MR) is 116 cm³/mol. The topological polar surface area (TPSA) is 53.6 Å². The summed E-state index contributed by atoms with van der Waals surface area (Å²) in [6, 6.07) is 0.398. The number of hydrogen-bond donors (Lipinski definition) is 2. The SMILES string of the molecule is CCN1CCC(NC(=S)Nc2sc3c(c2C(=O)OC)CCCCCC3)CC1. The first-order valence-electron chi connectivity index (χ1n) is 10.1. The standard InChI is InChI=1S/C20H31N3O2S2/c1-3-23-12-10-14(11-13-23)21-20(26)22-18-17(19(24)25-2)15-8-6-4-5-7-9-16(15)27-18/h14H,3-13H2,1-2H3,(H2,21,22,26). The quantitative estimate of drug-likeness (QED) is 0.580. The first-order chi connectivity index (χ1) is 13.1. The van der Waals surface area contributed by atoms with Gasteiger partial charge in [0.15, 0.2) is 5.11 Å². The number of aryl methyl sites for hydroxylation is 1. The van der Waals surface area contributed by atoms with Crippen LogP contribution in [0, 0.1) is 0 Å². The van der Waals surface area contributed by atoms with Crippen LogP contribution in [-0.4, -0.2) is 48.8 Å². The van der Waals surface area contributed by atoms with Gasteiger partial charge in [0.1, 0.15) is 5.00 Å². The molecule has 0 atom stereocenters. The van der Waals surface area contributed by atoms with Crippen LogP contribution >= 0.6 is 23.6 Å². The van der Waals surface area contributed by atoms with Gasteiger partial charge in [0.2, 0.25) is 0 Å². The van der Waals surface area contributed by atoms with Gasteiger partial charge < -0.3 is 20.3 Å². The summed E-state index contributed by atoms with van der Waals surface area (Å²) in [7, 11) is 1.46. The van der Waals surface area contributed by atoms with Crippen molar-refractivity contribution in [2.75, 3.05) is 32.1 Å². The second-order valence-electron chi connectivity index (χ2n) is 7.42. The zero-order chi connectivity index (χ0) is 19.2. The van der Waals surface area contributed by atoms with E-state index in [1.807, 2.05) is 0 Å². The third-order valence-corrected chi connectivity index (χ3v) is 7.09. The molecule has 1 aromatic heterocycles. The fourth-order valence-electron chi connectivity index (χ4n) is 4.04. The van der Waals surface area contributed by atoms with E-state index in [1.165, 1.54) is 36.8 Å². The lowest BCUT2D eigenvalue weighted by Gasteiger charge is -2.32. The Morgan fingerprint density at radius 2 is 1.93 bits per heavy atom. The fraction of sp³-hybridized carbons (Fsp3) is 0.700. The van der Waals surface area contributed by atoms with Crippen LogP contribution in [0.3, 0.4) is 0 Å². The van der Waals surface area contributed by atoms with Crippen molar-refractivity contribution in [1.29, 1.82) is 0 Å². The molecule has 2 N–H and O–H groups in total. The molecule has 1 saturated heterocycles. The van der Waals surface area contributed by atoms with Crippen molar-refractivity contribution in [2.45, 2.75) is 64.3 Å². The number of likely N-dealkylation sites (tertiary alicyclic amines) is 1. The minimum atomic E-state index is -0.255. The Bertz CT molecular complexity index is 666. The van der Waals surface area contributed by atoms with Crippen molar-refractivity contribution in [3.05, 3.63) is 16.0 Å². The lowest BCUT2D eigenvalue weighted by molar-refractivity contribution is 0.0601. The number of nitrogens with zero attached hydrogens (tertiary/aromatic N) is 1. The van der Waals surface area contributed by atoms with Gasteiger partial charge in [0.25, 0.3) is 0 Å². The molecule has 0 aromatic carbocycles. The van der Waals surface area contributed by atoms with Crippen molar-refractivity contribution >= 4 is 39.6 Å². The number of carbonyl (C=O) groups is 1. The van der Waals surface area contributed by atoms with Gasteiger partial charge in [-0.3, -0.25) is 0 Å². The molecule has 0 spiro atoms. The van der Waals surface area contributed by atoms with E-state index in [9.17, 15) is 4.79 Å². The van der Waals surface area contributed by atoms with Crippen molar-refractivity contribution in [3.63, 3.8) is 0 Å². The van der Waals surface area contributed by atoms with Crippen LogP contribution in [0.4, 0.5) is 5.00 Å². The van der Waals surface area contributed by atoms with Gasteiger partial charge in [0.05, 0.1) is 12.7 Å². The van der Waals surface area contributed by atoms with Crippen LogP contribution in [0.15, 0.2) is 0 Å². The Morgan fingerprint density at radius 1 is 1.22 bits per heavy atom. The molecule has 0 bridgehead atoms. The summed E-state index contributed by atoms with van der Waals surface area (Å²) in [5, 5.41) is 8.23. The predicted octanol–water partition coefficient (Wildman–Crippen LogP) is 3.96. The molecular formula is C20H31N3O2S2. The van der Waals surface area contributed by atoms with E-state index in [2.05, 4.69) is 22.5 Å². The van der Waals surface area contributed by atoms with E-state index >= 15 is 0 Å². The van der Waals surface area contributed by atoms with Crippen LogP contribution in [0.2, 0.25) is 0 Å². The van der Waals surface area contributed by atoms with Gasteiger partial charge >= 0.3 is 5.97 Å². The first-order valence-corrected chi connectivity index (χ1v) is 11.4. The molecule has 1 fully saturated rings. The van der Waals surface area contributed by atoms with E-state index in [0.717, 1.165) is 56.7 Å². The normalized spacial score (nSPS) is 18.9. The van der Waals surface area contributed by atoms with E-state index < -0.39 is 0 Å². The maximum Gasteiger partial charge on any atom is 0.341 e. The molecule has 0 saturated carbocycles. The minimum absolute atomic E-state index is 0.255. The van der Waals surface area contributed by atoms with Crippen molar-refractivity contribution in [1.82, 2.24) is 10.2 Å². The van der Waals surface area contributed by atoms with E-state index in [1.54, 1.807) is 11.3 Å². The molecular weight excluding hydrogens is 378 g/mol. The number of thiophene rings is 1. The number of methoxy groups -OCH3 is 1. The molecule has 2 heterocycles. The largest absolute Gasteiger partial charge is 0.465 e. The average Bonchev–Trinajstić information content (AvgIpc) is 2.97. The molecule has 0 radical (unpaired) electrons. The number of esters is 1. The van der Waals surface area contributed by atoms with Gasteiger partial charge in [-0.15, -0.1) is 11.3 Å². The monoisotopic (exact) mass is 409 g/mol. The van der Waals surface area contributed by atoms with Crippen LogP contribution < -0.4 is 10.6 Å². The smallest absolute Gasteiger partial charge is 0.341 e. The van der Waals surface area contributed by atoms with Crippen LogP contribution in [0.5, 0.6) is 0 Å². The lowest BCUT2D eigenvalue weighted by Crippen LogP contribution is -2.45. The number of rotatable bonds is 4. The third-order valence-electron chi connectivity index (χ3n) is 5.66. The van der Waals surface area contributed by atoms with Gasteiger partial charge in [-0.2, -0.15) is 0 Å². The highest BCUT2D eigenvalue weighted by atomic mass is 32.1. The van der Waals surface area contributed by atoms with Gasteiger partial charge in [0, 0.05) is 24.0 Å². The van der Waals surface area contributed by atoms with Crippen LogP contribution in [0.1, 0.15) is 66.2 Å². The summed E-state index contributed by atoms with van der Waals surface area (Å²) >= 11 is 7.24. The highest BCUT2D eigenvalue weighted by molar-refractivity contribution is 7.80. The molecule has 150 valence electrons. The molecule has 1 aliphatic heterocycles.